The highest BCUT2D eigenvalue weighted by molar-refractivity contribution is 5.80. The zero-order chi connectivity index (χ0) is 27.1. The summed E-state index contributed by atoms with van der Waals surface area (Å²) >= 11 is 0. The van der Waals surface area contributed by atoms with Crippen molar-refractivity contribution < 1.29 is 13.6 Å². The van der Waals surface area contributed by atoms with Crippen molar-refractivity contribution in [3.8, 4) is 0 Å². The van der Waals surface area contributed by atoms with Gasteiger partial charge in [0.2, 0.25) is 5.91 Å². The van der Waals surface area contributed by atoms with Gasteiger partial charge in [0.15, 0.2) is 0 Å². The van der Waals surface area contributed by atoms with Gasteiger partial charge >= 0.3 is 0 Å². The summed E-state index contributed by atoms with van der Waals surface area (Å²) < 4.78 is 30.5. The van der Waals surface area contributed by atoms with Crippen LogP contribution in [0.2, 0.25) is 0 Å². The molecule has 0 spiro atoms. The second-order valence-electron chi connectivity index (χ2n) is 11.7. The lowest BCUT2D eigenvalue weighted by molar-refractivity contribution is -0.127. The van der Waals surface area contributed by atoms with E-state index in [4.69, 9.17) is 0 Å². The number of benzene rings is 2. The number of aryl methyl sites for hydroxylation is 1. The molecule has 3 fully saturated rings. The van der Waals surface area contributed by atoms with E-state index in [0.717, 1.165) is 56.2 Å². The number of likely N-dealkylation sites (N-methyl/N-ethyl adjacent to an activating group) is 1. The van der Waals surface area contributed by atoms with Gasteiger partial charge < -0.3 is 10.2 Å². The van der Waals surface area contributed by atoms with Crippen LogP contribution in [0, 0.1) is 29.4 Å². The Kier molecular flexibility index (Phi) is 7.39. The van der Waals surface area contributed by atoms with Gasteiger partial charge in [-0.25, -0.2) is 14.2 Å². The molecule has 6 rings (SSSR count). The third-order valence-electron chi connectivity index (χ3n) is 9.09. The molecule has 208 valence electrons. The molecule has 3 heterocycles. The van der Waals surface area contributed by atoms with Gasteiger partial charge in [-0.1, -0.05) is 19.1 Å². The van der Waals surface area contributed by atoms with E-state index in [0.29, 0.717) is 18.4 Å². The number of likely N-dealkylation sites (tertiary alicyclic amines) is 1. The van der Waals surface area contributed by atoms with Crippen LogP contribution in [0.15, 0.2) is 42.6 Å². The van der Waals surface area contributed by atoms with E-state index in [1.807, 2.05) is 17.9 Å². The first-order valence-corrected chi connectivity index (χ1v) is 14.3. The number of rotatable bonds is 6. The summed E-state index contributed by atoms with van der Waals surface area (Å²) in [6, 6.07) is 10.9. The van der Waals surface area contributed by atoms with Crippen LogP contribution in [0.4, 0.5) is 8.78 Å². The highest BCUT2D eigenvalue weighted by atomic mass is 19.1. The van der Waals surface area contributed by atoms with Crippen molar-refractivity contribution in [1.82, 2.24) is 30.8 Å². The van der Waals surface area contributed by atoms with Crippen LogP contribution in [0.25, 0.3) is 10.9 Å². The van der Waals surface area contributed by atoms with E-state index in [2.05, 4.69) is 51.3 Å². The summed E-state index contributed by atoms with van der Waals surface area (Å²) in [7, 11) is 1.93. The van der Waals surface area contributed by atoms with Crippen molar-refractivity contribution in [1.29, 1.82) is 0 Å². The number of halogens is 2. The van der Waals surface area contributed by atoms with Crippen LogP contribution in [0.1, 0.15) is 49.8 Å². The van der Waals surface area contributed by atoms with Crippen LogP contribution in [0.5, 0.6) is 0 Å². The summed E-state index contributed by atoms with van der Waals surface area (Å²) in [4.78, 5) is 15.8. The van der Waals surface area contributed by atoms with Crippen LogP contribution >= 0.6 is 0 Å². The molecule has 0 bridgehead atoms. The van der Waals surface area contributed by atoms with Crippen molar-refractivity contribution >= 4 is 16.8 Å². The summed E-state index contributed by atoms with van der Waals surface area (Å²) in [5, 5.41) is 8.95. The Balaban J connectivity index is 1.11. The predicted octanol–water partition coefficient (Wildman–Crippen LogP) is 3.85. The molecule has 1 aromatic heterocycles. The molecule has 9 heteroatoms. The Hall–Kier alpha value is -2.88. The van der Waals surface area contributed by atoms with Crippen molar-refractivity contribution in [2.24, 2.45) is 24.8 Å². The van der Waals surface area contributed by atoms with Crippen LogP contribution in [-0.2, 0) is 18.3 Å². The molecule has 6 atom stereocenters. The molecule has 2 saturated heterocycles. The van der Waals surface area contributed by atoms with E-state index >= 15 is 0 Å². The standard InChI is InChI=1S/C30H38F2N6O/c1-3-38-15-18(12-23-25(31)5-4-6-26(23)32)11-22(17-38)33-30(39)20-8-10-28-24(14-20)29(35-34-28)19-7-9-27-21(13-19)16-37(2)36-27/h4-7,9,13,16,18,20,22,24,28-29,34-35H,3,8,10-12,14-15,17H2,1-2H3,(H,33,39). The topological polar surface area (TPSA) is 74.2 Å². The number of fused-ring (bicyclic) bond motifs is 2. The zero-order valence-electron chi connectivity index (χ0n) is 22.7. The number of carbonyl (C=O) groups excluding carboxylic acids is 1. The first kappa shape index (κ1) is 26.3. The van der Waals surface area contributed by atoms with E-state index in [1.165, 1.54) is 23.8 Å². The van der Waals surface area contributed by atoms with Crippen molar-refractivity contribution in [3.63, 3.8) is 0 Å². The second-order valence-corrected chi connectivity index (χ2v) is 11.7. The van der Waals surface area contributed by atoms with Crippen molar-refractivity contribution in [2.45, 2.75) is 57.2 Å². The molecule has 7 nitrogen and oxygen atoms in total. The minimum absolute atomic E-state index is 0.0210. The quantitative estimate of drug-likeness (QED) is 0.446. The van der Waals surface area contributed by atoms with Gasteiger partial charge in [-0.2, -0.15) is 5.10 Å². The third kappa shape index (κ3) is 5.44. The Bertz CT molecular complexity index is 1320. The van der Waals surface area contributed by atoms with Gasteiger partial charge in [-0.05, 0) is 80.3 Å². The van der Waals surface area contributed by atoms with Gasteiger partial charge in [0.25, 0.3) is 0 Å². The first-order chi connectivity index (χ1) is 18.9. The lowest BCUT2D eigenvalue weighted by Gasteiger charge is -2.39. The monoisotopic (exact) mass is 536 g/mol. The molecule has 39 heavy (non-hydrogen) atoms. The van der Waals surface area contributed by atoms with E-state index in [-0.39, 0.29) is 35.4 Å². The van der Waals surface area contributed by atoms with Gasteiger partial charge in [0, 0.05) is 55.3 Å². The lowest BCUT2D eigenvalue weighted by Crippen LogP contribution is -2.53. The average molecular weight is 537 g/mol. The Morgan fingerprint density at radius 1 is 1.10 bits per heavy atom. The molecule has 3 aromatic rings. The Labute approximate surface area is 228 Å². The summed E-state index contributed by atoms with van der Waals surface area (Å²) in [6.07, 6.45) is 5.72. The summed E-state index contributed by atoms with van der Waals surface area (Å²) in [6.45, 7) is 4.49. The fourth-order valence-corrected chi connectivity index (χ4v) is 7.14. The Morgan fingerprint density at radius 3 is 2.72 bits per heavy atom. The highest BCUT2D eigenvalue weighted by Gasteiger charge is 2.43. The maximum Gasteiger partial charge on any atom is 0.223 e. The molecular formula is C30H38F2N6O. The van der Waals surface area contributed by atoms with Crippen LogP contribution < -0.4 is 16.2 Å². The van der Waals surface area contributed by atoms with Crippen molar-refractivity contribution in [3.05, 3.63) is 65.4 Å². The molecule has 0 radical (unpaired) electrons. The number of aromatic nitrogens is 2. The van der Waals surface area contributed by atoms with Crippen LogP contribution in [-0.4, -0.2) is 52.3 Å². The molecule has 2 aliphatic heterocycles. The number of hydrogen-bond acceptors (Lipinski definition) is 5. The number of hydrogen-bond donors (Lipinski definition) is 3. The molecular weight excluding hydrogens is 498 g/mol. The fraction of sp³-hybridized carbons (Fsp3) is 0.533. The van der Waals surface area contributed by atoms with E-state index in [9.17, 15) is 13.6 Å². The van der Waals surface area contributed by atoms with Crippen molar-refractivity contribution in [2.75, 3.05) is 19.6 Å². The first-order valence-electron chi connectivity index (χ1n) is 14.3. The van der Waals surface area contributed by atoms with Gasteiger partial charge in [-0.3, -0.25) is 14.9 Å². The number of carbonyl (C=O) groups is 1. The lowest BCUT2D eigenvalue weighted by atomic mass is 9.74. The third-order valence-corrected chi connectivity index (χ3v) is 9.09. The number of nitrogens with one attached hydrogen (secondary N) is 3. The molecule has 1 saturated carbocycles. The molecule has 1 aliphatic carbocycles. The molecule has 1 amide bonds. The predicted molar refractivity (Wildman–Crippen MR) is 147 cm³/mol. The van der Waals surface area contributed by atoms with Gasteiger partial charge in [0.1, 0.15) is 11.6 Å². The maximum atomic E-state index is 14.3. The number of piperidine rings is 1. The second kappa shape index (κ2) is 10.9. The number of hydrazine groups is 1. The smallest absolute Gasteiger partial charge is 0.223 e. The van der Waals surface area contributed by atoms with Gasteiger partial charge in [-0.15, -0.1) is 0 Å². The normalized spacial score (nSPS) is 29.4. The SMILES string of the molecule is CCN1CC(Cc2c(F)cccc2F)CC(NC(=O)C2CCC3NNC(c4ccc5nn(C)cc5c4)C3C2)C1. The van der Waals surface area contributed by atoms with E-state index in [1.54, 1.807) is 0 Å². The minimum Gasteiger partial charge on any atom is -0.352 e. The maximum absolute atomic E-state index is 14.3. The Morgan fingerprint density at radius 2 is 1.92 bits per heavy atom. The average Bonchev–Trinajstić information content (AvgIpc) is 3.52. The molecule has 3 N–H and O–H groups in total. The minimum atomic E-state index is -0.489. The molecule has 6 unspecified atom stereocenters. The largest absolute Gasteiger partial charge is 0.352 e. The zero-order valence-corrected chi connectivity index (χ0v) is 22.7. The van der Waals surface area contributed by atoms with E-state index < -0.39 is 11.6 Å². The molecule has 2 aromatic carbocycles. The fourth-order valence-electron chi connectivity index (χ4n) is 7.14. The summed E-state index contributed by atoms with van der Waals surface area (Å²) in [5.41, 5.74) is 9.33. The van der Waals surface area contributed by atoms with Gasteiger partial charge in [0.05, 0.1) is 11.6 Å². The molecule has 3 aliphatic rings. The highest BCUT2D eigenvalue weighted by Crippen LogP contribution is 2.41. The summed E-state index contributed by atoms with van der Waals surface area (Å²) in [5.74, 6) is -0.508. The number of amides is 1. The van der Waals surface area contributed by atoms with Crippen LogP contribution in [0.3, 0.4) is 0 Å². The number of nitrogens with zero attached hydrogens (tertiary/aromatic N) is 3.